The SMILES string of the molecule is O=C1CN(S(=O)(=O)c2ccc(Cl)cc2[N+](=O)[O-])CC(=O)N1. The monoisotopic (exact) mass is 333 g/mol. The zero-order valence-corrected chi connectivity index (χ0v) is 11.8. The molecule has 1 saturated heterocycles. The topological polar surface area (TPSA) is 127 Å². The number of nitro benzene ring substituents is 1. The summed E-state index contributed by atoms with van der Waals surface area (Å²) >= 11 is 5.61. The fraction of sp³-hybridized carbons (Fsp3) is 0.200. The van der Waals surface area contributed by atoms with E-state index in [1.807, 2.05) is 5.32 Å². The molecule has 2 amide bonds. The predicted octanol–water partition coefficient (Wildman–Crippen LogP) is -0.105. The maximum Gasteiger partial charge on any atom is 0.290 e. The molecule has 1 aromatic carbocycles. The van der Waals surface area contributed by atoms with E-state index >= 15 is 0 Å². The molecule has 11 heteroatoms. The highest BCUT2D eigenvalue weighted by molar-refractivity contribution is 7.89. The van der Waals surface area contributed by atoms with E-state index < -0.39 is 50.4 Å². The first-order valence-electron chi connectivity index (χ1n) is 5.48. The number of imide groups is 1. The van der Waals surface area contributed by atoms with Crippen molar-refractivity contribution in [1.82, 2.24) is 9.62 Å². The molecule has 1 aromatic rings. The fourth-order valence-corrected chi connectivity index (χ4v) is 3.43. The predicted molar refractivity (Wildman–Crippen MR) is 70.0 cm³/mol. The summed E-state index contributed by atoms with van der Waals surface area (Å²) in [6, 6.07) is 3.03. The summed E-state index contributed by atoms with van der Waals surface area (Å²) in [4.78, 5) is 31.9. The van der Waals surface area contributed by atoms with Crippen LogP contribution >= 0.6 is 11.6 Å². The number of halogens is 1. The van der Waals surface area contributed by atoms with Gasteiger partial charge in [0.1, 0.15) is 0 Å². The first-order chi connectivity index (χ1) is 9.71. The highest BCUT2D eigenvalue weighted by atomic mass is 35.5. The van der Waals surface area contributed by atoms with Crippen molar-refractivity contribution >= 4 is 39.1 Å². The van der Waals surface area contributed by atoms with Crippen LogP contribution in [0, 0.1) is 10.1 Å². The summed E-state index contributed by atoms with van der Waals surface area (Å²) in [5.41, 5.74) is -0.721. The van der Waals surface area contributed by atoms with E-state index in [2.05, 4.69) is 0 Å². The van der Waals surface area contributed by atoms with E-state index in [0.29, 0.717) is 4.31 Å². The van der Waals surface area contributed by atoms with Crippen LogP contribution in [0.25, 0.3) is 0 Å². The van der Waals surface area contributed by atoms with Gasteiger partial charge in [-0.05, 0) is 12.1 Å². The molecule has 0 atom stereocenters. The summed E-state index contributed by atoms with van der Waals surface area (Å²) in [5, 5.41) is 12.9. The van der Waals surface area contributed by atoms with Gasteiger partial charge >= 0.3 is 0 Å². The van der Waals surface area contributed by atoms with Gasteiger partial charge in [0.25, 0.3) is 15.7 Å². The normalized spacial score (nSPS) is 16.6. The zero-order valence-electron chi connectivity index (χ0n) is 10.3. The van der Waals surface area contributed by atoms with E-state index in [-0.39, 0.29) is 5.02 Å². The molecular weight excluding hydrogens is 326 g/mol. The van der Waals surface area contributed by atoms with Crippen LogP contribution in [0.1, 0.15) is 0 Å². The molecular formula is C10H8ClN3O6S. The number of rotatable bonds is 3. The van der Waals surface area contributed by atoms with Gasteiger partial charge in [0.15, 0.2) is 4.90 Å². The molecule has 1 N–H and O–H groups in total. The lowest BCUT2D eigenvalue weighted by Crippen LogP contribution is -2.53. The number of benzene rings is 1. The summed E-state index contributed by atoms with van der Waals surface area (Å²) in [7, 11) is -4.37. The molecule has 0 aromatic heterocycles. The lowest BCUT2D eigenvalue weighted by Gasteiger charge is -2.24. The van der Waals surface area contributed by atoms with Gasteiger partial charge < -0.3 is 0 Å². The van der Waals surface area contributed by atoms with Crippen LogP contribution in [-0.2, 0) is 19.6 Å². The molecule has 0 spiro atoms. The third-order valence-electron chi connectivity index (χ3n) is 2.65. The highest BCUT2D eigenvalue weighted by Crippen LogP contribution is 2.29. The number of piperazine rings is 1. The number of nitrogens with one attached hydrogen (secondary N) is 1. The number of nitrogens with zero attached hydrogens (tertiary/aromatic N) is 2. The van der Waals surface area contributed by atoms with Crippen molar-refractivity contribution in [1.29, 1.82) is 0 Å². The Balaban J connectivity index is 2.52. The Morgan fingerprint density at radius 3 is 2.33 bits per heavy atom. The summed E-state index contributed by atoms with van der Waals surface area (Å²) < 4.78 is 25.3. The van der Waals surface area contributed by atoms with Crippen molar-refractivity contribution in [3.8, 4) is 0 Å². The van der Waals surface area contributed by atoms with Crippen molar-refractivity contribution < 1.29 is 22.9 Å². The number of carbonyl (C=O) groups is 2. The van der Waals surface area contributed by atoms with Crippen LogP contribution in [-0.4, -0.2) is 42.6 Å². The standard InChI is InChI=1S/C10H8ClN3O6S/c11-6-1-2-8(7(3-6)14(17)18)21(19,20)13-4-9(15)12-10(16)5-13/h1-3H,4-5H2,(H,12,15,16). The average molecular weight is 334 g/mol. The van der Waals surface area contributed by atoms with Crippen molar-refractivity contribution in [2.75, 3.05) is 13.1 Å². The second-order valence-corrected chi connectivity index (χ2v) is 6.46. The summed E-state index contributed by atoms with van der Waals surface area (Å²) in [5.74, 6) is -1.60. The van der Waals surface area contributed by atoms with Crippen LogP contribution < -0.4 is 5.32 Å². The van der Waals surface area contributed by atoms with Crippen molar-refractivity contribution in [3.05, 3.63) is 33.3 Å². The molecule has 2 rings (SSSR count). The van der Waals surface area contributed by atoms with E-state index in [1.165, 1.54) is 6.07 Å². The van der Waals surface area contributed by atoms with Gasteiger partial charge in [0, 0.05) is 11.1 Å². The van der Waals surface area contributed by atoms with Gasteiger partial charge in [-0.2, -0.15) is 4.31 Å². The van der Waals surface area contributed by atoms with Gasteiger partial charge in [0.2, 0.25) is 11.8 Å². The van der Waals surface area contributed by atoms with Gasteiger partial charge in [-0.15, -0.1) is 0 Å². The lowest BCUT2D eigenvalue weighted by molar-refractivity contribution is -0.387. The maximum atomic E-state index is 12.4. The van der Waals surface area contributed by atoms with Crippen molar-refractivity contribution in [3.63, 3.8) is 0 Å². The number of nitro groups is 1. The number of hydrogen-bond acceptors (Lipinski definition) is 6. The Labute approximate surface area is 123 Å². The molecule has 0 radical (unpaired) electrons. The van der Waals surface area contributed by atoms with Crippen LogP contribution in [0.15, 0.2) is 23.1 Å². The van der Waals surface area contributed by atoms with E-state index in [1.54, 1.807) is 0 Å². The largest absolute Gasteiger partial charge is 0.294 e. The Morgan fingerprint density at radius 2 is 1.81 bits per heavy atom. The Bertz CT molecular complexity index is 731. The molecule has 1 heterocycles. The Kier molecular flexibility index (Phi) is 3.94. The number of amides is 2. The van der Waals surface area contributed by atoms with Gasteiger partial charge in [-0.3, -0.25) is 25.0 Å². The maximum absolute atomic E-state index is 12.4. The first-order valence-corrected chi connectivity index (χ1v) is 7.30. The van der Waals surface area contributed by atoms with Crippen molar-refractivity contribution in [2.24, 2.45) is 0 Å². The first kappa shape index (κ1) is 15.4. The second-order valence-electron chi connectivity index (χ2n) is 4.11. The Morgan fingerprint density at radius 1 is 1.24 bits per heavy atom. The second kappa shape index (κ2) is 5.39. The van der Waals surface area contributed by atoms with Gasteiger partial charge in [-0.25, -0.2) is 8.42 Å². The minimum absolute atomic E-state index is 0.00638. The smallest absolute Gasteiger partial charge is 0.290 e. The average Bonchev–Trinajstić information content (AvgIpc) is 2.37. The quantitative estimate of drug-likeness (QED) is 0.467. The molecule has 0 unspecified atom stereocenters. The molecule has 1 fully saturated rings. The van der Waals surface area contributed by atoms with Crippen LogP contribution in [0.4, 0.5) is 5.69 Å². The zero-order chi connectivity index (χ0) is 15.8. The summed E-state index contributed by atoms with van der Waals surface area (Å²) in [6.45, 7) is -1.18. The molecule has 1 aliphatic rings. The third kappa shape index (κ3) is 3.01. The molecule has 21 heavy (non-hydrogen) atoms. The molecule has 1 aliphatic heterocycles. The van der Waals surface area contributed by atoms with E-state index in [4.69, 9.17) is 11.6 Å². The Hall–Kier alpha value is -2.04. The van der Waals surface area contributed by atoms with E-state index in [9.17, 15) is 28.1 Å². The van der Waals surface area contributed by atoms with Gasteiger partial charge in [-0.1, -0.05) is 11.6 Å². The summed E-state index contributed by atoms with van der Waals surface area (Å²) in [6.07, 6.45) is 0. The number of sulfonamides is 1. The minimum Gasteiger partial charge on any atom is -0.294 e. The van der Waals surface area contributed by atoms with Gasteiger partial charge in [0.05, 0.1) is 18.0 Å². The molecule has 0 saturated carbocycles. The number of carbonyl (C=O) groups excluding carboxylic acids is 2. The van der Waals surface area contributed by atoms with Crippen molar-refractivity contribution in [2.45, 2.75) is 4.90 Å². The third-order valence-corrected chi connectivity index (χ3v) is 4.73. The molecule has 0 bridgehead atoms. The minimum atomic E-state index is -4.37. The van der Waals surface area contributed by atoms with Crippen LogP contribution in [0.2, 0.25) is 5.02 Å². The number of hydrogen-bond donors (Lipinski definition) is 1. The highest BCUT2D eigenvalue weighted by Gasteiger charge is 2.36. The fourth-order valence-electron chi connectivity index (χ4n) is 1.77. The molecule has 9 nitrogen and oxygen atoms in total. The van der Waals surface area contributed by atoms with Crippen LogP contribution in [0.3, 0.4) is 0 Å². The molecule has 112 valence electrons. The lowest BCUT2D eigenvalue weighted by atomic mass is 10.3. The van der Waals surface area contributed by atoms with E-state index in [0.717, 1.165) is 12.1 Å². The van der Waals surface area contributed by atoms with Crippen LogP contribution in [0.5, 0.6) is 0 Å². The molecule has 0 aliphatic carbocycles.